The topological polar surface area (TPSA) is 114 Å². The van der Waals surface area contributed by atoms with E-state index in [9.17, 15) is 9.59 Å². The lowest BCUT2D eigenvalue weighted by Gasteiger charge is -2.30. The number of carbonyl (C=O) groups excluding carboxylic acids is 1. The molecule has 3 aromatic rings. The second kappa shape index (κ2) is 9.11. The molecule has 0 aromatic carbocycles. The summed E-state index contributed by atoms with van der Waals surface area (Å²) < 4.78 is 12.1. The lowest BCUT2D eigenvalue weighted by Crippen LogP contribution is -2.45. The minimum Gasteiger partial charge on any atom is -0.481 e. The molecule has 162 valence electrons. The number of ether oxygens (including phenoxy) is 2. The SMILES string of the molecule is COc1cc(-c2c[nH]n(-c3ccc(C(=O)NCC4CN(C)CCO4)cn3)c2=O)ccn1. The monoisotopic (exact) mass is 424 g/mol. The number of carbonyl (C=O) groups is 1. The highest BCUT2D eigenvalue weighted by molar-refractivity contribution is 5.93. The Morgan fingerprint density at radius 1 is 1.35 bits per heavy atom. The largest absolute Gasteiger partial charge is 0.481 e. The van der Waals surface area contributed by atoms with Gasteiger partial charge in [-0.25, -0.2) is 14.6 Å². The van der Waals surface area contributed by atoms with Crippen molar-refractivity contribution in [3.05, 3.63) is 58.8 Å². The van der Waals surface area contributed by atoms with Crippen LogP contribution in [0.4, 0.5) is 0 Å². The molecule has 0 radical (unpaired) electrons. The predicted octanol–water partition coefficient (Wildman–Crippen LogP) is 0.692. The van der Waals surface area contributed by atoms with Gasteiger partial charge in [-0.1, -0.05) is 0 Å². The van der Waals surface area contributed by atoms with Gasteiger partial charge in [0.25, 0.3) is 11.5 Å². The van der Waals surface area contributed by atoms with Crippen LogP contribution < -0.4 is 15.6 Å². The Hall–Kier alpha value is -3.50. The van der Waals surface area contributed by atoms with E-state index in [0.29, 0.717) is 41.5 Å². The molecule has 1 atom stereocenters. The first-order valence-corrected chi connectivity index (χ1v) is 9.91. The summed E-state index contributed by atoms with van der Waals surface area (Å²) in [6, 6.07) is 6.66. The van der Waals surface area contributed by atoms with Gasteiger partial charge in [-0.2, -0.15) is 0 Å². The molecule has 0 aliphatic carbocycles. The van der Waals surface area contributed by atoms with Crippen LogP contribution in [0.15, 0.2) is 47.7 Å². The van der Waals surface area contributed by atoms with Gasteiger partial charge in [-0.05, 0) is 30.8 Å². The van der Waals surface area contributed by atoms with Gasteiger partial charge in [-0.15, -0.1) is 0 Å². The molecule has 0 spiro atoms. The molecule has 1 fully saturated rings. The number of pyridine rings is 2. The van der Waals surface area contributed by atoms with Crippen LogP contribution in [0.1, 0.15) is 10.4 Å². The molecule has 10 heteroatoms. The van der Waals surface area contributed by atoms with E-state index in [1.807, 2.05) is 7.05 Å². The van der Waals surface area contributed by atoms with Crippen molar-refractivity contribution >= 4 is 5.91 Å². The smallest absolute Gasteiger partial charge is 0.280 e. The second-order valence-electron chi connectivity index (χ2n) is 7.28. The first-order valence-electron chi connectivity index (χ1n) is 9.91. The summed E-state index contributed by atoms with van der Waals surface area (Å²) in [6.45, 7) is 2.76. The van der Waals surface area contributed by atoms with Gasteiger partial charge in [0.15, 0.2) is 5.82 Å². The average molecular weight is 424 g/mol. The van der Waals surface area contributed by atoms with E-state index in [1.165, 1.54) is 18.0 Å². The van der Waals surface area contributed by atoms with Crippen LogP contribution in [-0.2, 0) is 4.74 Å². The highest BCUT2D eigenvalue weighted by Crippen LogP contribution is 2.19. The molecule has 10 nitrogen and oxygen atoms in total. The zero-order valence-corrected chi connectivity index (χ0v) is 17.4. The van der Waals surface area contributed by atoms with Gasteiger partial charge in [0, 0.05) is 44.3 Å². The van der Waals surface area contributed by atoms with Crippen molar-refractivity contribution in [1.29, 1.82) is 0 Å². The van der Waals surface area contributed by atoms with Gasteiger partial charge in [0.05, 0.1) is 30.9 Å². The molecule has 1 unspecified atom stereocenters. The maximum absolute atomic E-state index is 12.8. The van der Waals surface area contributed by atoms with E-state index in [0.717, 1.165) is 13.1 Å². The summed E-state index contributed by atoms with van der Waals surface area (Å²) in [6.07, 6.45) is 4.59. The summed E-state index contributed by atoms with van der Waals surface area (Å²) in [5.74, 6) is 0.564. The summed E-state index contributed by atoms with van der Waals surface area (Å²) in [5, 5.41) is 5.78. The van der Waals surface area contributed by atoms with E-state index in [2.05, 4.69) is 25.3 Å². The fourth-order valence-electron chi connectivity index (χ4n) is 3.39. The Balaban J connectivity index is 1.45. The van der Waals surface area contributed by atoms with Crippen molar-refractivity contribution in [2.24, 2.45) is 0 Å². The molecule has 1 amide bonds. The number of likely N-dealkylation sites (N-methyl/N-ethyl adjacent to an activating group) is 1. The molecule has 1 saturated heterocycles. The lowest BCUT2D eigenvalue weighted by atomic mass is 10.1. The number of morpholine rings is 1. The van der Waals surface area contributed by atoms with Crippen LogP contribution in [0.5, 0.6) is 5.88 Å². The van der Waals surface area contributed by atoms with Crippen LogP contribution in [0, 0.1) is 0 Å². The average Bonchev–Trinajstić information content (AvgIpc) is 3.19. The third kappa shape index (κ3) is 4.65. The summed E-state index contributed by atoms with van der Waals surface area (Å²) in [4.78, 5) is 35.7. The maximum Gasteiger partial charge on any atom is 0.280 e. The summed E-state index contributed by atoms with van der Waals surface area (Å²) in [5.41, 5.74) is 1.28. The molecule has 3 aromatic heterocycles. The number of nitrogens with one attached hydrogen (secondary N) is 2. The van der Waals surface area contributed by atoms with Crippen molar-refractivity contribution in [1.82, 2.24) is 30.0 Å². The van der Waals surface area contributed by atoms with E-state index in [4.69, 9.17) is 9.47 Å². The molecular formula is C21H24N6O4. The molecule has 0 bridgehead atoms. The fourth-order valence-corrected chi connectivity index (χ4v) is 3.39. The van der Waals surface area contributed by atoms with Crippen LogP contribution >= 0.6 is 0 Å². The minimum atomic E-state index is -0.267. The normalized spacial score (nSPS) is 16.8. The number of nitrogens with zero attached hydrogens (tertiary/aromatic N) is 4. The van der Waals surface area contributed by atoms with E-state index < -0.39 is 0 Å². The standard InChI is InChI=1S/C21H24N6O4/c1-26-7-8-31-16(13-26)11-24-20(28)15-3-4-18(23-10-15)27-21(29)17(12-25-27)14-5-6-22-19(9-14)30-2/h3-6,9-10,12,16,25H,7-8,11,13H2,1-2H3,(H,24,28). The van der Waals surface area contributed by atoms with Gasteiger partial charge < -0.3 is 19.7 Å². The third-order valence-electron chi connectivity index (χ3n) is 5.10. The Labute approximate surface area is 178 Å². The predicted molar refractivity (Wildman–Crippen MR) is 114 cm³/mol. The van der Waals surface area contributed by atoms with Gasteiger partial charge >= 0.3 is 0 Å². The van der Waals surface area contributed by atoms with Gasteiger partial charge in [0.2, 0.25) is 5.88 Å². The summed E-state index contributed by atoms with van der Waals surface area (Å²) >= 11 is 0. The first-order chi connectivity index (χ1) is 15.0. The van der Waals surface area contributed by atoms with Crippen LogP contribution in [-0.4, -0.2) is 77.1 Å². The number of aromatic nitrogens is 4. The zero-order chi connectivity index (χ0) is 21.8. The zero-order valence-electron chi connectivity index (χ0n) is 17.4. The Bertz CT molecular complexity index is 1110. The van der Waals surface area contributed by atoms with Crippen molar-refractivity contribution in [2.45, 2.75) is 6.10 Å². The van der Waals surface area contributed by atoms with Crippen LogP contribution in [0.3, 0.4) is 0 Å². The second-order valence-corrected chi connectivity index (χ2v) is 7.28. The highest BCUT2D eigenvalue weighted by Gasteiger charge is 2.19. The number of methoxy groups -OCH3 is 1. The van der Waals surface area contributed by atoms with Crippen molar-refractivity contribution in [3.8, 4) is 22.8 Å². The van der Waals surface area contributed by atoms with Crippen LogP contribution in [0.2, 0.25) is 0 Å². The van der Waals surface area contributed by atoms with Crippen molar-refractivity contribution < 1.29 is 14.3 Å². The molecule has 31 heavy (non-hydrogen) atoms. The number of hydrogen-bond acceptors (Lipinski definition) is 7. The highest BCUT2D eigenvalue weighted by atomic mass is 16.5. The quantitative estimate of drug-likeness (QED) is 0.598. The Morgan fingerprint density at radius 2 is 2.23 bits per heavy atom. The molecule has 2 N–H and O–H groups in total. The van der Waals surface area contributed by atoms with Crippen molar-refractivity contribution in [3.63, 3.8) is 0 Å². The van der Waals surface area contributed by atoms with E-state index in [-0.39, 0.29) is 17.6 Å². The van der Waals surface area contributed by atoms with Crippen molar-refractivity contribution in [2.75, 3.05) is 40.4 Å². The molecule has 1 aliphatic heterocycles. The van der Waals surface area contributed by atoms with E-state index in [1.54, 1.807) is 36.7 Å². The van der Waals surface area contributed by atoms with Gasteiger partial charge in [0.1, 0.15) is 0 Å². The number of rotatable bonds is 6. The number of aromatic amines is 1. The third-order valence-corrected chi connectivity index (χ3v) is 5.10. The van der Waals surface area contributed by atoms with Crippen LogP contribution in [0.25, 0.3) is 16.9 Å². The maximum atomic E-state index is 12.8. The molecular weight excluding hydrogens is 400 g/mol. The van der Waals surface area contributed by atoms with Gasteiger partial charge in [-0.3, -0.25) is 14.7 Å². The number of amides is 1. The molecule has 1 aliphatic rings. The Kier molecular flexibility index (Phi) is 6.10. The van der Waals surface area contributed by atoms with E-state index >= 15 is 0 Å². The molecule has 4 heterocycles. The summed E-state index contributed by atoms with van der Waals surface area (Å²) in [7, 11) is 3.54. The first kappa shape index (κ1) is 20.8. The molecule has 0 saturated carbocycles. The molecule has 4 rings (SSSR count). The minimum absolute atomic E-state index is 0.0299. The fraction of sp³-hybridized carbons (Fsp3) is 0.333. The Morgan fingerprint density at radius 3 is 2.97 bits per heavy atom. The number of H-pyrrole nitrogens is 1. The lowest BCUT2D eigenvalue weighted by molar-refractivity contribution is -0.0175. The number of hydrogen-bond donors (Lipinski definition) is 2.